The van der Waals surface area contributed by atoms with Gasteiger partial charge < -0.3 is 23.7 Å². The van der Waals surface area contributed by atoms with Gasteiger partial charge in [-0.3, -0.25) is 0 Å². The predicted octanol–water partition coefficient (Wildman–Crippen LogP) is 5.07. The van der Waals surface area contributed by atoms with Crippen molar-refractivity contribution in [1.29, 1.82) is 0 Å². The predicted molar refractivity (Wildman–Crippen MR) is 111 cm³/mol. The van der Waals surface area contributed by atoms with Crippen LogP contribution in [-0.4, -0.2) is 59.1 Å². The zero-order valence-electron chi connectivity index (χ0n) is 18.7. The summed E-state index contributed by atoms with van der Waals surface area (Å²) in [5, 5.41) is 0. The van der Waals surface area contributed by atoms with Gasteiger partial charge in [-0.1, -0.05) is 53.4 Å². The van der Waals surface area contributed by atoms with E-state index in [1.807, 2.05) is 6.92 Å². The summed E-state index contributed by atoms with van der Waals surface area (Å²) in [5.41, 5.74) is 0. The van der Waals surface area contributed by atoms with Crippen LogP contribution in [0.3, 0.4) is 0 Å². The van der Waals surface area contributed by atoms with E-state index in [1.54, 1.807) is 0 Å². The summed E-state index contributed by atoms with van der Waals surface area (Å²) in [6.45, 7) is 15.9. The van der Waals surface area contributed by atoms with E-state index in [2.05, 4.69) is 27.7 Å². The van der Waals surface area contributed by atoms with Crippen LogP contribution in [0.2, 0.25) is 0 Å². The van der Waals surface area contributed by atoms with Crippen molar-refractivity contribution in [2.45, 2.75) is 79.4 Å². The van der Waals surface area contributed by atoms with Crippen molar-refractivity contribution in [3.63, 3.8) is 0 Å². The minimum atomic E-state index is -0.193. The summed E-state index contributed by atoms with van der Waals surface area (Å²) >= 11 is 0. The molecule has 0 spiro atoms. The van der Waals surface area contributed by atoms with Gasteiger partial charge in [0.1, 0.15) is 0 Å². The lowest BCUT2D eigenvalue weighted by Crippen LogP contribution is -2.30. The topological polar surface area (TPSA) is 46.2 Å². The van der Waals surface area contributed by atoms with Crippen LogP contribution >= 0.6 is 0 Å². The summed E-state index contributed by atoms with van der Waals surface area (Å²) in [6, 6.07) is 0. The van der Waals surface area contributed by atoms with Crippen LogP contribution in [0, 0.1) is 11.8 Å². The molecule has 0 saturated carbocycles. The van der Waals surface area contributed by atoms with Crippen LogP contribution in [0.4, 0.5) is 0 Å². The van der Waals surface area contributed by atoms with Crippen molar-refractivity contribution in [2.75, 3.05) is 52.9 Å². The molecule has 3 unspecified atom stereocenters. The van der Waals surface area contributed by atoms with Gasteiger partial charge in [0.2, 0.25) is 0 Å². The maximum atomic E-state index is 6.02. The third kappa shape index (κ3) is 16.5. The normalized spacial score (nSPS) is 15.0. The molecule has 0 aromatic rings. The fourth-order valence-corrected chi connectivity index (χ4v) is 3.05. The Bertz CT molecular complexity index is 288. The first-order valence-electron chi connectivity index (χ1n) is 11.2. The number of ether oxygens (including phenoxy) is 5. The van der Waals surface area contributed by atoms with Crippen LogP contribution in [-0.2, 0) is 23.7 Å². The molecule has 0 aliphatic heterocycles. The van der Waals surface area contributed by atoms with Crippen molar-refractivity contribution < 1.29 is 23.7 Å². The Hall–Kier alpha value is -0.200. The SMILES string of the molecule is CCCCC(CC)CC(C)C(OCCOCCC)OCCOCCOCC. The van der Waals surface area contributed by atoms with Gasteiger partial charge in [-0.25, -0.2) is 0 Å². The van der Waals surface area contributed by atoms with E-state index in [9.17, 15) is 0 Å². The summed E-state index contributed by atoms with van der Waals surface area (Å²) in [6.07, 6.45) is 7.06. The molecule has 0 saturated heterocycles. The van der Waals surface area contributed by atoms with Crippen LogP contribution in [0.15, 0.2) is 0 Å². The largest absolute Gasteiger partial charge is 0.379 e. The highest BCUT2D eigenvalue weighted by Crippen LogP contribution is 2.25. The molecule has 0 rings (SSSR count). The first kappa shape index (κ1) is 26.8. The molecule has 0 heterocycles. The van der Waals surface area contributed by atoms with Gasteiger partial charge in [-0.05, 0) is 25.7 Å². The van der Waals surface area contributed by atoms with E-state index in [-0.39, 0.29) is 6.29 Å². The molecular formula is C22H46O5. The van der Waals surface area contributed by atoms with Crippen molar-refractivity contribution in [2.24, 2.45) is 11.8 Å². The minimum Gasteiger partial charge on any atom is -0.379 e. The van der Waals surface area contributed by atoms with E-state index in [1.165, 1.54) is 25.7 Å². The average molecular weight is 391 g/mol. The highest BCUT2D eigenvalue weighted by atomic mass is 16.7. The Labute approximate surface area is 168 Å². The molecule has 0 aliphatic carbocycles. The van der Waals surface area contributed by atoms with E-state index < -0.39 is 0 Å². The molecule has 27 heavy (non-hydrogen) atoms. The molecule has 0 amide bonds. The maximum Gasteiger partial charge on any atom is 0.160 e. The third-order valence-corrected chi connectivity index (χ3v) is 4.66. The van der Waals surface area contributed by atoms with E-state index >= 15 is 0 Å². The Morgan fingerprint density at radius 3 is 1.81 bits per heavy atom. The van der Waals surface area contributed by atoms with Crippen molar-refractivity contribution in [3.05, 3.63) is 0 Å². The van der Waals surface area contributed by atoms with Gasteiger partial charge in [-0.15, -0.1) is 0 Å². The second-order valence-corrected chi connectivity index (χ2v) is 7.16. The molecule has 0 N–H and O–H groups in total. The second-order valence-electron chi connectivity index (χ2n) is 7.16. The fraction of sp³-hybridized carbons (Fsp3) is 1.00. The van der Waals surface area contributed by atoms with E-state index in [0.717, 1.165) is 32.0 Å². The quantitative estimate of drug-likeness (QED) is 0.202. The van der Waals surface area contributed by atoms with Gasteiger partial charge in [0.05, 0.1) is 39.6 Å². The lowest BCUT2D eigenvalue weighted by molar-refractivity contribution is -0.185. The zero-order valence-corrected chi connectivity index (χ0v) is 18.7. The monoisotopic (exact) mass is 390 g/mol. The van der Waals surface area contributed by atoms with Gasteiger partial charge in [0.25, 0.3) is 0 Å². The van der Waals surface area contributed by atoms with Gasteiger partial charge >= 0.3 is 0 Å². The molecule has 0 bridgehead atoms. The summed E-state index contributed by atoms with van der Waals surface area (Å²) in [7, 11) is 0. The number of unbranched alkanes of at least 4 members (excludes halogenated alkanes) is 1. The maximum absolute atomic E-state index is 6.02. The lowest BCUT2D eigenvalue weighted by atomic mass is 9.89. The Morgan fingerprint density at radius 1 is 0.667 bits per heavy atom. The molecule has 0 aromatic heterocycles. The molecule has 0 aliphatic rings. The smallest absolute Gasteiger partial charge is 0.160 e. The molecule has 0 radical (unpaired) electrons. The highest BCUT2D eigenvalue weighted by molar-refractivity contribution is 4.66. The zero-order chi connectivity index (χ0) is 20.2. The first-order valence-corrected chi connectivity index (χ1v) is 11.2. The fourth-order valence-electron chi connectivity index (χ4n) is 3.05. The van der Waals surface area contributed by atoms with E-state index in [0.29, 0.717) is 45.6 Å². The van der Waals surface area contributed by atoms with Gasteiger partial charge in [-0.2, -0.15) is 0 Å². The highest BCUT2D eigenvalue weighted by Gasteiger charge is 2.22. The van der Waals surface area contributed by atoms with Gasteiger partial charge in [0.15, 0.2) is 6.29 Å². The molecule has 0 fully saturated rings. The van der Waals surface area contributed by atoms with Gasteiger partial charge in [0, 0.05) is 19.1 Å². The Kier molecular flexibility index (Phi) is 20.4. The lowest BCUT2D eigenvalue weighted by Gasteiger charge is -2.27. The molecule has 0 aromatic carbocycles. The summed E-state index contributed by atoms with van der Waals surface area (Å²) in [4.78, 5) is 0. The number of hydrogen-bond donors (Lipinski definition) is 0. The molecule has 5 heteroatoms. The van der Waals surface area contributed by atoms with Crippen molar-refractivity contribution in [1.82, 2.24) is 0 Å². The molecule has 164 valence electrons. The second kappa shape index (κ2) is 20.5. The molecular weight excluding hydrogens is 344 g/mol. The summed E-state index contributed by atoms with van der Waals surface area (Å²) < 4.78 is 28.4. The Morgan fingerprint density at radius 2 is 1.26 bits per heavy atom. The molecule has 5 nitrogen and oxygen atoms in total. The van der Waals surface area contributed by atoms with Crippen LogP contribution in [0.1, 0.15) is 73.1 Å². The van der Waals surface area contributed by atoms with Crippen LogP contribution in [0.5, 0.6) is 0 Å². The third-order valence-electron chi connectivity index (χ3n) is 4.66. The number of hydrogen-bond acceptors (Lipinski definition) is 5. The van der Waals surface area contributed by atoms with Crippen LogP contribution < -0.4 is 0 Å². The molecule has 3 atom stereocenters. The number of rotatable bonds is 21. The Balaban J connectivity index is 4.26. The van der Waals surface area contributed by atoms with Crippen molar-refractivity contribution >= 4 is 0 Å². The van der Waals surface area contributed by atoms with Crippen molar-refractivity contribution in [3.8, 4) is 0 Å². The standard InChI is InChI=1S/C22H46O5/c1-6-10-11-21(8-3)19-20(5)22(26-17-15-24-12-7-2)27-18-16-25-14-13-23-9-4/h20-22H,6-19H2,1-5H3. The van der Waals surface area contributed by atoms with Crippen LogP contribution in [0.25, 0.3) is 0 Å². The van der Waals surface area contributed by atoms with E-state index in [4.69, 9.17) is 23.7 Å². The summed E-state index contributed by atoms with van der Waals surface area (Å²) in [5.74, 6) is 1.11. The average Bonchev–Trinajstić information content (AvgIpc) is 2.68. The first-order chi connectivity index (χ1) is 13.2. The minimum absolute atomic E-state index is 0.193.